The van der Waals surface area contributed by atoms with Crippen molar-refractivity contribution in [2.45, 2.75) is 44.6 Å². The van der Waals surface area contributed by atoms with E-state index < -0.39 is 0 Å². The fraction of sp³-hybridized carbons (Fsp3) is 0.846. The van der Waals surface area contributed by atoms with Gasteiger partial charge < -0.3 is 16.4 Å². The fourth-order valence-corrected chi connectivity index (χ4v) is 2.51. The monoisotopic (exact) mass is 289 g/mol. The number of carbonyl (C=O) groups is 2. The van der Waals surface area contributed by atoms with E-state index in [9.17, 15) is 9.59 Å². The van der Waals surface area contributed by atoms with Gasteiger partial charge in [0.15, 0.2) is 0 Å². The molecule has 0 bridgehead atoms. The Bertz CT molecular complexity index is 321. The quantitative estimate of drug-likeness (QED) is 0.625. The van der Waals surface area contributed by atoms with Gasteiger partial charge in [-0.1, -0.05) is 6.42 Å². The molecular formula is C13H24ClN3O2. The zero-order valence-electron chi connectivity index (χ0n) is 11.2. The van der Waals surface area contributed by atoms with Crippen LogP contribution in [0.3, 0.4) is 0 Å². The van der Waals surface area contributed by atoms with Gasteiger partial charge in [-0.15, -0.1) is 12.4 Å². The lowest BCUT2D eigenvalue weighted by Gasteiger charge is -2.14. The average Bonchev–Trinajstić information content (AvgIpc) is 3.11. The molecule has 2 rings (SSSR count). The number of rotatable bonds is 6. The third kappa shape index (κ3) is 5.37. The van der Waals surface area contributed by atoms with E-state index in [0.717, 1.165) is 32.1 Å². The van der Waals surface area contributed by atoms with Gasteiger partial charge in [0.25, 0.3) is 0 Å². The average molecular weight is 290 g/mol. The van der Waals surface area contributed by atoms with E-state index in [1.807, 2.05) is 0 Å². The van der Waals surface area contributed by atoms with Crippen molar-refractivity contribution in [3.05, 3.63) is 0 Å². The van der Waals surface area contributed by atoms with Gasteiger partial charge in [-0.2, -0.15) is 0 Å². The zero-order valence-corrected chi connectivity index (χ0v) is 12.0. The Morgan fingerprint density at radius 1 is 1.05 bits per heavy atom. The van der Waals surface area contributed by atoms with E-state index in [4.69, 9.17) is 5.73 Å². The molecule has 2 fully saturated rings. The highest BCUT2D eigenvalue weighted by molar-refractivity contribution is 5.85. The molecule has 0 heterocycles. The van der Waals surface area contributed by atoms with E-state index in [-0.39, 0.29) is 36.2 Å². The molecule has 2 aliphatic carbocycles. The van der Waals surface area contributed by atoms with Crippen LogP contribution in [0.4, 0.5) is 0 Å². The maximum Gasteiger partial charge on any atom is 0.223 e. The van der Waals surface area contributed by atoms with Crippen LogP contribution < -0.4 is 16.4 Å². The second-order valence-corrected chi connectivity index (χ2v) is 5.47. The number of nitrogens with two attached hydrogens (primary N) is 1. The lowest BCUT2D eigenvalue weighted by atomic mass is 10.00. The Hall–Kier alpha value is -0.810. The van der Waals surface area contributed by atoms with Crippen LogP contribution in [0.2, 0.25) is 0 Å². The highest BCUT2D eigenvalue weighted by Crippen LogP contribution is 2.28. The lowest BCUT2D eigenvalue weighted by Crippen LogP contribution is -2.37. The predicted octanol–water partition coefficient (Wildman–Crippen LogP) is 0.568. The SMILES string of the molecule is Cl.N[C@@H]1CCC[C@H]1CC(=O)NCCNC(=O)C1CC1. The molecule has 0 spiro atoms. The summed E-state index contributed by atoms with van der Waals surface area (Å²) in [4.78, 5) is 23.0. The molecule has 5 nitrogen and oxygen atoms in total. The summed E-state index contributed by atoms with van der Waals surface area (Å²) in [6.07, 6.45) is 5.78. The maximum absolute atomic E-state index is 11.7. The Morgan fingerprint density at radius 2 is 1.74 bits per heavy atom. The molecule has 0 unspecified atom stereocenters. The molecule has 2 amide bonds. The summed E-state index contributed by atoms with van der Waals surface area (Å²) in [5, 5.41) is 5.66. The molecule has 0 radical (unpaired) electrons. The van der Waals surface area contributed by atoms with Gasteiger partial charge in [-0.05, 0) is 31.6 Å². The summed E-state index contributed by atoms with van der Waals surface area (Å²) in [6, 6.07) is 0.185. The van der Waals surface area contributed by atoms with E-state index in [1.54, 1.807) is 0 Å². The minimum Gasteiger partial charge on any atom is -0.354 e. The second-order valence-electron chi connectivity index (χ2n) is 5.47. The minimum atomic E-state index is 0. The van der Waals surface area contributed by atoms with Gasteiger partial charge in [-0.3, -0.25) is 9.59 Å². The largest absolute Gasteiger partial charge is 0.354 e. The molecular weight excluding hydrogens is 266 g/mol. The van der Waals surface area contributed by atoms with Crippen molar-refractivity contribution in [3.8, 4) is 0 Å². The van der Waals surface area contributed by atoms with Crippen LogP contribution in [-0.2, 0) is 9.59 Å². The summed E-state index contributed by atoms with van der Waals surface area (Å²) in [5.74, 6) is 0.753. The summed E-state index contributed by atoms with van der Waals surface area (Å²) in [5.41, 5.74) is 5.93. The molecule has 0 aromatic carbocycles. The standard InChI is InChI=1S/C13H23N3O2.ClH/c14-11-3-1-2-10(11)8-12(17)15-6-7-16-13(18)9-4-5-9;/h9-11H,1-8,14H2,(H,15,17)(H,16,18);1H/t10-,11+;/m0./s1. The highest BCUT2D eigenvalue weighted by Gasteiger charge is 2.29. The molecule has 2 aliphatic rings. The number of amides is 2. The highest BCUT2D eigenvalue weighted by atomic mass is 35.5. The summed E-state index contributed by atoms with van der Waals surface area (Å²) in [6.45, 7) is 1.04. The second kappa shape index (κ2) is 7.70. The van der Waals surface area contributed by atoms with E-state index in [1.165, 1.54) is 0 Å². The van der Waals surface area contributed by atoms with Crippen molar-refractivity contribution in [1.82, 2.24) is 10.6 Å². The Morgan fingerprint density at radius 3 is 2.32 bits per heavy atom. The summed E-state index contributed by atoms with van der Waals surface area (Å²) >= 11 is 0. The molecule has 4 N–H and O–H groups in total. The van der Waals surface area contributed by atoms with Crippen LogP contribution >= 0.6 is 12.4 Å². The topological polar surface area (TPSA) is 84.2 Å². The van der Waals surface area contributed by atoms with Crippen LogP contribution in [-0.4, -0.2) is 30.9 Å². The fourth-order valence-electron chi connectivity index (χ4n) is 2.51. The van der Waals surface area contributed by atoms with Gasteiger partial charge in [0.05, 0.1) is 0 Å². The minimum absolute atomic E-state index is 0. The van der Waals surface area contributed by atoms with Gasteiger partial charge in [0, 0.05) is 31.5 Å². The molecule has 0 aliphatic heterocycles. The zero-order chi connectivity index (χ0) is 13.0. The van der Waals surface area contributed by atoms with Crippen molar-refractivity contribution < 1.29 is 9.59 Å². The number of halogens is 1. The third-order valence-electron chi connectivity index (χ3n) is 3.86. The van der Waals surface area contributed by atoms with Gasteiger partial charge in [-0.25, -0.2) is 0 Å². The Labute approximate surface area is 120 Å². The van der Waals surface area contributed by atoms with Crippen molar-refractivity contribution in [3.63, 3.8) is 0 Å². The Balaban J connectivity index is 0.00000180. The molecule has 19 heavy (non-hydrogen) atoms. The predicted molar refractivity (Wildman–Crippen MR) is 75.9 cm³/mol. The van der Waals surface area contributed by atoms with Crippen molar-refractivity contribution in [2.24, 2.45) is 17.6 Å². The number of nitrogens with one attached hydrogen (secondary N) is 2. The molecule has 0 saturated heterocycles. The Kier molecular flexibility index (Phi) is 6.58. The van der Waals surface area contributed by atoms with Crippen LogP contribution in [0.5, 0.6) is 0 Å². The molecule has 2 saturated carbocycles. The summed E-state index contributed by atoms with van der Waals surface area (Å²) in [7, 11) is 0. The van der Waals surface area contributed by atoms with Crippen molar-refractivity contribution >= 4 is 24.2 Å². The van der Waals surface area contributed by atoms with Gasteiger partial charge in [0.1, 0.15) is 0 Å². The van der Waals surface area contributed by atoms with Crippen LogP contribution in [0.1, 0.15) is 38.5 Å². The molecule has 0 aromatic heterocycles. The van der Waals surface area contributed by atoms with Gasteiger partial charge >= 0.3 is 0 Å². The first kappa shape index (κ1) is 16.2. The molecule has 6 heteroatoms. The normalized spacial score (nSPS) is 25.5. The number of hydrogen-bond donors (Lipinski definition) is 3. The maximum atomic E-state index is 11.7. The lowest BCUT2D eigenvalue weighted by molar-refractivity contribution is -0.124. The van der Waals surface area contributed by atoms with Crippen molar-refractivity contribution in [2.75, 3.05) is 13.1 Å². The molecule has 110 valence electrons. The smallest absolute Gasteiger partial charge is 0.223 e. The van der Waals surface area contributed by atoms with Crippen LogP contribution in [0, 0.1) is 11.8 Å². The number of carbonyl (C=O) groups excluding carboxylic acids is 2. The first-order valence-electron chi connectivity index (χ1n) is 6.97. The first-order chi connectivity index (χ1) is 8.66. The third-order valence-corrected chi connectivity index (χ3v) is 3.86. The van der Waals surface area contributed by atoms with E-state index in [2.05, 4.69) is 10.6 Å². The van der Waals surface area contributed by atoms with E-state index >= 15 is 0 Å². The van der Waals surface area contributed by atoms with E-state index in [0.29, 0.717) is 25.4 Å². The molecule has 0 aromatic rings. The van der Waals surface area contributed by atoms with Gasteiger partial charge in [0.2, 0.25) is 11.8 Å². The molecule has 2 atom stereocenters. The van der Waals surface area contributed by atoms with Crippen LogP contribution in [0.15, 0.2) is 0 Å². The number of hydrogen-bond acceptors (Lipinski definition) is 3. The summed E-state index contributed by atoms with van der Waals surface area (Å²) < 4.78 is 0. The van der Waals surface area contributed by atoms with Crippen molar-refractivity contribution in [1.29, 1.82) is 0 Å². The van der Waals surface area contributed by atoms with Crippen LogP contribution in [0.25, 0.3) is 0 Å². The first-order valence-corrected chi connectivity index (χ1v) is 6.97.